The first-order valence-corrected chi connectivity index (χ1v) is 7.65. The van der Waals surface area contributed by atoms with Gasteiger partial charge in [-0.05, 0) is 38.1 Å². The third-order valence-corrected chi connectivity index (χ3v) is 4.51. The Morgan fingerprint density at radius 2 is 2.17 bits per heavy atom. The Morgan fingerprint density at radius 3 is 2.72 bits per heavy atom. The quantitative estimate of drug-likeness (QED) is 0.910. The molecule has 0 aliphatic heterocycles. The van der Waals surface area contributed by atoms with Crippen molar-refractivity contribution in [3.05, 3.63) is 49.9 Å². The van der Waals surface area contributed by atoms with Gasteiger partial charge in [0.05, 0.1) is 11.7 Å². The molecule has 96 valence electrons. The van der Waals surface area contributed by atoms with E-state index < -0.39 is 0 Å². The second-order valence-corrected chi connectivity index (χ2v) is 6.39. The molecule has 0 amide bonds. The molecule has 4 heteroatoms. The van der Waals surface area contributed by atoms with Crippen LogP contribution in [0.15, 0.2) is 28.7 Å². The smallest absolute Gasteiger partial charge is 0.115 e. The van der Waals surface area contributed by atoms with Crippen molar-refractivity contribution < 1.29 is 0 Å². The first-order valence-electron chi connectivity index (χ1n) is 6.04. The Labute approximate surface area is 121 Å². The van der Waals surface area contributed by atoms with Gasteiger partial charge in [0.2, 0.25) is 0 Å². The van der Waals surface area contributed by atoms with Crippen LogP contribution in [0.5, 0.6) is 0 Å². The minimum atomic E-state index is 0.185. The van der Waals surface area contributed by atoms with E-state index in [4.69, 9.17) is 0 Å². The first kappa shape index (κ1) is 13.7. The number of aromatic nitrogens is 1. The number of nitrogens with one attached hydrogen (secondary N) is 1. The molecule has 2 aromatic rings. The van der Waals surface area contributed by atoms with Gasteiger partial charge >= 0.3 is 0 Å². The lowest BCUT2D eigenvalue weighted by molar-refractivity contribution is 0.626. The van der Waals surface area contributed by atoms with Crippen molar-refractivity contribution in [3.63, 3.8) is 0 Å². The molecule has 0 fully saturated rings. The van der Waals surface area contributed by atoms with Gasteiger partial charge in [-0.2, -0.15) is 0 Å². The van der Waals surface area contributed by atoms with Crippen molar-refractivity contribution >= 4 is 27.3 Å². The molecule has 0 aliphatic carbocycles. The van der Waals surface area contributed by atoms with Crippen LogP contribution < -0.4 is 5.32 Å². The Bertz CT molecular complexity index is 517. The Kier molecular flexibility index (Phi) is 4.54. The monoisotopic (exact) mass is 324 g/mol. The molecule has 2 nitrogen and oxygen atoms in total. The highest BCUT2D eigenvalue weighted by Gasteiger charge is 2.17. The number of thiazole rings is 1. The highest BCUT2D eigenvalue weighted by molar-refractivity contribution is 9.10. The summed E-state index contributed by atoms with van der Waals surface area (Å²) in [5.74, 6) is 0. The molecule has 0 radical (unpaired) electrons. The molecule has 1 aromatic heterocycles. The highest BCUT2D eigenvalue weighted by Crippen LogP contribution is 2.29. The zero-order valence-electron chi connectivity index (χ0n) is 10.8. The lowest BCUT2D eigenvalue weighted by Gasteiger charge is -2.16. The number of aryl methyl sites for hydroxylation is 2. The van der Waals surface area contributed by atoms with Crippen molar-refractivity contribution in [1.82, 2.24) is 10.3 Å². The van der Waals surface area contributed by atoms with Gasteiger partial charge in [-0.3, -0.25) is 0 Å². The van der Waals surface area contributed by atoms with Crippen LogP contribution in [0.2, 0.25) is 0 Å². The van der Waals surface area contributed by atoms with E-state index in [0.29, 0.717) is 0 Å². The normalized spacial score (nSPS) is 12.7. The van der Waals surface area contributed by atoms with Crippen LogP contribution in [-0.4, -0.2) is 11.5 Å². The third-order valence-electron chi connectivity index (χ3n) is 2.88. The summed E-state index contributed by atoms with van der Waals surface area (Å²) >= 11 is 5.30. The van der Waals surface area contributed by atoms with Crippen molar-refractivity contribution in [3.8, 4) is 0 Å². The number of halogens is 1. The maximum absolute atomic E-state index is 4.68. The van der Waals surface area contributed by atoms with Gasteiger partial charge < -0.3 is 5.32 Å². The van der Waals surface area contributed by atoms with Crippen molar-refractivity contribution in [2.75, 3.05) is 6.54 Å². The molecule has 1 heterocycles. The lowest BCUT2D eigenvalue weighted by atomic mass is 10.1. The minimum Gasteiger partial charge on any atom is -0.305 e. The molecule has 1 atom stereocenters. The molecule has 1 N–H and O–H groups in total. The Morgan fingerprint density at radius 1 is 1.39 bits per heavy atom. The lowest BCUT2D eigenvalue weighted by Crippen LogP contribution is -2.21. The fourth-order valence-corrected chi connectivity index (χ4v) is 3.30. The summed E-state index contributed by atoms with van der Waals surface area (Å²) in [6.07, 6.45) is 0. The maximum Gasteiger partial charge on any atom is 0.115 e. The predicted octanol–water partition coefficient (Wildman–Crippen LogP) is 4.22. The SMILES string of the molecule is CCNC(c1cccc(Br)c1)c1nc(C)c(C)s1. The fourth-order valence-electron chi connectivity index (χ4n) is 1.86. The van der Waals surface area contributed by atoms with E-state index in [9.17, 15) is 0 Å². The molecule has 0 saturated carbocycles. The van der Waals surface area contributed by atoms with Crippen LogP contribution in [0.25, 0.3) is 0 Å². The average molecular weight is 325 g/mol. The van der Waals surface area contributed by atoms with Crippen LogP contribution in [0.4, 0.5) is 0 Å². The van der Waals surface area contributed by atoms with E-state index in [-0.39, 0.29) is 6.04 Å². The minimum absolute atomic E-state index is 0.185. The van der Waals surface area contributed by atoms with Gasteiger partial charge in [-0.25, -0.2) is 4.98 Å². The Hall–Kier alpha value is -0.710. The van der Waals surface area contributed by atoms with Crippen LogP contribution in [0.1, 0.15) is 34.1 Å². The number of nitrogens with zero attached hydrogens (tertiary/aromatic N) is 1. The third kappa shape index (κ3) is 2.99. The molecule has 0 aliphatic rings. The molecule has 0 spiro atoms. The van der Waals surface area contributed by atoms with Crippen molar-refractivity contribution in [2.24, 2.45) is 0 Å². The van der Waals surface area contributed by atoms with E-state index in [1.165, 1.54) is 10.4 Å². The summed E-state index contributed by atoms with van der Waals surface area (Å²) in [6.45, 7) is 7.24. The second kappa shape index (κ2) is 5.95. The molecule has 0 saturated heterocycles. The van der Waals surface area contributed by atoms with Crippen molar-refractivity contribution in [1.29, 1.82) is 0 Å². The van der Waals surface area contributed by atoms with Gasteiger partial charge in [0, 0.05) is 9.35 Å². The van der Waals surface area contributed by atoms with Crippen LogP contribution in [0.3, 0.4) is 0 Å². The molecule has 18 heavy (non-hydrogen) atoms. The first-order chi connectivity index (χ1) is 8.61. The zero-order chi connectivity index (χ0) is 13.1. The largest absolute Gasteiger partial charge is 0.305 e. The summed E-state index contributed by atoms with van der Waals surface area (Å²) in [5, 5.41) is 4.65. The van der Waals surface area contributed by atoms with Crippen molar-refractivity contribution in [2.45, 2.75) is 26.8 Å². The number of hydrogen-bond acceptors (Lipinski definition) is 3. The van der Waals surface area contributed by atoms with E-state index in [1.54, 1.807) is 11.3 Å². The van der Waals surface area contributed by atoms with Gasteiger partial charge in [-0.15, -0.1) is 11.3 Å². The van der Waals surface area contributed by atoms with E-state index in [2.05, 4.69) is 65.2 Å². The zero-order valence-corrected chi connectivity index (χ0v) is 13.2. The van der Waals surface area contributed by atoms with Gasteiger partial charge in [0.15, 0.2) is 0 Å². The number of rotatable bonds is 4. The van der Waals surface area contributed by atoms with Crippen LogP contribution in [0, 0.1) is 13.8 Å². The van der Waals surface area contributed by atoms with Crippen LogP contribution in [-0.2, 0) is 0 Å². The predicted molar refractivity (Wildman–Crippen MR) is 81.2 cm³/mol. The van der Waals surface area contributed by atoms with Gasteiger partial charge in [-0.1, -0.05) is 35.0 Å². The Balaban J connectivity index is 2.39. The second-order valence-electron chi connectivity index (χ2n) is 4.24. The summed E-state index contributed by atoms with van der Waals surface area (Å²) in [7, 11) is 0. The van der Waals surface area contributed by atoms with E-state index in [0.717, 1.165) is 21.7 Å². The highest BCUT2D eigenvalue weighted by atomic mass is 79.9. The number of benzene rings is 1. The topological polar surface area (TPSA) is 24.9 Å². The number of hydrogen-bond donors (Lipinski definition) is 1. The molecule has 0 bridgehead atoms. The van der Waals surface area contributed by atoms with Crippen LogP contribution >= 0.6 is 27.3 Å². The van der Waals surface area contributed by atoms with E-state index in [1.807, 2.05) is 6.07 Å². The summed E-state index contributed by atoms with van der Waals surface area (Å²) in [4.78, 5) is 5.97. The maximum atomic E-state index is 4.68. The molecular formula is C14H17BrN2S. The molecule has 1 aromatic carbocycles. The fraction of sp³-hybridized carbons (Fsp3) is 0.357. The molecular weight excluding hydrogens is 308 g/mol. The summed E-state index contributed by atoms with van der Waals surface area (Å²) < 4.78 is 1.10. The average Bonchev–Trinajstić information content (AvgIpc) is 2.66. The van der Waals surface area contributed by atoms with Gasteiger partial charge in [0.25, 0.3) is 0 Å². The summed E-state index contributed by atoms with van der Waals surface area (Å²) in [6, 6.07) is 8.59. The van der Waals surface area contributed by atoms with E-state index >= 15 is 0 Å². The van der Waals surface area contributed by atoms with Gasteiger partial charge in [0.1, 0.15) is 5.01 Å². The molecule has 2 rings (SSSR count). The standard InChI is InChI=1S/C14H17BrN2S/c1-4-16-13(11-6-5-7-12(15)8-11)14-17-9(2)10(3)18-14/h5-8,13,16H,4H2,1-3H3. The molecule has 1 unspecified atom stereocenters. The summed E-state index contributed by atoms with van der Waals surface area (Å²) in [5.41, 5.74) is 2.38.